The zero-order chi connectivity index (χ0) is 14.9. The lowest BCUT2D eigenvalue weighted by Gasteiger charge is -2.18. The number of rotatable bonds is 4. The van der Waals surface area contributed by atoms with Crippen LogP contribution in [-0.4, -0.2) is 28.1 Å². The molecule has 0 fully saturated rings. The molecule has 7 heteroatoms. The van der Waals surface area contributed by atoms with E-state index in [1.54, 1.807) is 6.07 Å². The SMILES string of the molecule is CC(C)C(NC(=O)c1n[nH]c2ccc(Br)cc12)C(N)=O. The number of carbonyl (C=O) groups excluding carboxylic acids is 2. The van der Waals surface area contributed by atoms with Gasteiger partial charge in [-0.15, -0.1) is 0 Å². The summed E-state index contributed by atoms with van der Waals surface area (Å²) in [5, 5.41) is 10.1. The van der Waals surface area contributed by atoms with Gasteiger partial charge in [0.2, 0.25) is 5.91 Å². The van der Waals surface area contributed by atoms with E-state index in [2.05, 4.69) is 31.4 Å². The lowest BCUT2D eigenvalue weighted by atomic mass is 10.0. The van der Waals surface area contributed by atoms with Crippen molar-refractivity contribution >= 4 is 38.6 Å². The van der Waals surface area contributed by atoms with Crippen LogP contribution in [0.25, 0.3) is 10.9 Å². The van der Waals surface area contributed by atoms with Crippen LogP contribution in [0.15, 0.2) is 22.7 Å². The molecule has 0 spiro atoms. The number of aromatic amines is 1. The molecule has 1 aromatic heterocycles. The predicted molar refractivity (Wildman–Crippen MR) is 79.1 cm³/mol. The Morgan fingerprint density at radius 1 is 1.40 bits per heavy atom. The van der Waals surface area contributed by atoms with Crippen molar-refractivity contribution < 1.29 is 9.59 Å². The molecule has 1 heterocycles. The van der Waals surface area contributed by atoms with Gasteiger partial charge in [0.1, 0.15) is 6.04 Å². The van der Waals surface area contributed by atoms with Crippen LogP contribution in [0.1, 0.15) is 24.3 Å². The number of halogens is 1. The second-order valence-electron chi connectivity index (χ2n) is 4.86. The molecule has 106 valence electrons. The summed E-state index contributed by atoms with van der Waals surface area (Å²) in [5.41, 5.74) is 6.28. The van der Waals surface area contributed by atoms with Gasteiger partial charge in [-0.05, 0) is 24.1 Å². The summed E-state index contributed by atoms with van der Waals surface area (Å²) in [6.07, 6.45) is 0. The highest BCUT2D eigenvalue weighted by Gasteiger charge is 2.24. The quantitative estimate of drug-likeness (QED) is 0.788. The summed E-state index contributed by atoms with van der Waals surface area (Å²) in [5.74, 6) is -1.07. The zero-order valence-electron chi connectivity index (χ0n) is 11.1. The van der Waals surface area contributed by atoms with Crippen LogP contribution in [0.3, 0.4) is 0 Å². The van der Waals surface area contributed by atoms with Crippen molar-refractivity contribution in [3.63, 3.8) is 0 Å². The highest BCUT2D eigenvalue weighted by Crippen LogP contribution is 2.21. The van der Waals surface area contributed by atoms with Gasteiger partial charge in [-0.2, -0.15) is 5.10 Å². The number of aromatic nitrogens is 2. The molecule has 0 aliphatic heterocycles. The second-order valence-corrected chi connectivity index (χ2v) is 5.78. The molecular formula is C13H15BrN4O2. The summed E-state index contributed by atoms with van der Waals surface area (Å²) >= 11 is 3.35. The van der Waals surface area contributed by atoms with Crippen LogP contribution in [-0.2, 0) is 4.79 Å². The van der Waals surface area contributed by atoms with Crippen molar-refractivity contribution in [3.8, 4) is 0 Å². The molecule has 2 amide bonds. The third-order valence-corrected chi connectivity index (χ3v) is 3.49. The van der Waals surface area contributed by atoms with Crippen molar-refractivity contribution in [2.45, 2.75) is 19.9 Å². The molecule has 0 saturated heterocycles. The smallest absolute Gasteiger partial charge is 0.273 e. The number of benzene rings is 1. The van der Waals surface area contributed by atoms with Gasteiger partial charge in [-0.1, -0.05) is 29.8 Å². The van der Waals surface area contributed by atoms with Gasteiger partial charge in [0.05, 0.1) is 5.52 Å². The van der Waals surface area contributed by atoms with E-state index in [9.17, 15) is 9.59 Å². The molecule has 20 heavy (non-hydrogen) atoms. The lowest BCUT2D eigenvalue weighted by Crippen LogP contribution is -2.47. The molecular weight excluding hydrogens is 324 g/mol. The summed E-state index contributed by atoms with van der Waals surface area (Å²) in [7, 11) is 0. The number of amides is 2. The minimum absolute atomic E-state index is 0.0895. The first-order valence-corrected chi connectivity index (χ1v) is 6.93. The Kier molecular flexibility index (Phi) is 4.08. The fourth-order valence-corrected chi connectivity index (χ4v) is 2.30. The molecule has 6 nitrogen and oxygen atoms in total. The number of H-pyrrole nitrogens is 1. The molecule has 2 rings (SSSR count). The van der Waals surface area contributed by atoms with Gasteiger partial charge in [0.25, 0.3) is 5.91 Å². The van der Waals surface area contributed by atoms with Crippen LogP contribution in [0.2, 0.25) is 0 Å². The Morgan fingerprint density at radius 3 is 2.70 bits per heavy atom. The van der Waals surface area contributed by atoms with Crippen LogP contribution < -0.4 is 11.1 Å². The van der Waals surface area contributed by atoms with Crippen LogP contribution in [0.5, 0.6) is 0 Å². The summed E-state index contributed by atoms with van der Waals surface area (Å²) < 4.78 is 0.843. The minimum Gasteiger partial charge on any atom is -0.368 e. The highest BCUT2D eigenvalue weighted by atomic mass is 79.9. The molecule has 1 unspecified atom stereocenters. The highest BCUT2D eigenvalue weighted by molar-refractivity contribution is 9.10. The summed E-state index contributed by atoms with van der Waals surface area (Å²) in [4.78, 5) is 23.6. The maximum Gasteiger partial charge on any atom is 0.273 e. The van der Waals surface area contributed by atoms with Gasteiger partial charge in [-0.3, -0.25) is 14.7 Å². The monoisotopic (exact) mass is 338 g/mol. The fraction of sp³-hybridized carbons (Fsp3) is 0.308. The van der Waals surface area contributed by atoms with E-state index in [4.69, 9.17) is 5.73 Å². The van der Waals surface area contributed by atoms with Crippen LogP contribution in [0.4, 0.5) is 0 Å². The lowest BCUT2D eigenvalue weighted by molar-refractivity contribution is -0.120. The zero-order valence-corrected chi connectivity index (χ0v) is 12.7. The Labute approximate surface area is 124 Å². The summed E-state index contributed by atoms with van der Waals surface area (Å²) in [6, 6.07) is 4.74. The van der Waals surface area contributed by atoms with Gasteiger partial charge in [0.15, 0.2) is 5.69 Å². The number of nitrogens with zero attached hydrogens (tertiary/aromatic N) is 1. The number of nitrogens with one attached hydrogen (secondary N) is 2. The third-order valence-electron chi connectivity index (χ3n) is 3.00. The number of carbonyl (C=O) groups is 2. The number of hydrogen-bond acceptors (Lipinski definition) is 3. The first kappa shape index (κ1) is 14.5. The van der Waals surface area contributed by atoms with Crippen molar-refractivity contribution in [2.75, 3.05) is 0 Å². The average molecular weight is 339 g/mol. The number of primary amides is 1. The van der Waals surface area contributed by atoms with E-state index in [1.165, 1.54) is 0 Å². The van der Waals surface area contributed by atoms with E-state index >= 15 is 0 Å². The van der Waals surface area contributed by atoms with E-state index in [0.717, 1.165) is 9.99 Å². The molecule has 4 N–H and O–H groups in total. The molecule has 0 radical (unpaired) electrons. The Bertz CT molecular complexity index is 665. The van der Waals surface area contributed by atoms with Crippen molar-refractivity contribution in [2.24, 2.45) is 11.7 Å². The van der Waals surface area contributed by atoms with E-state index in [0.29, 0.717) is 5.39 Å². The maximum absolute atomic E-state index is 12.2. The second kappa shape index (κ2) is 5.62. The van der Waals surface area contributed by atoms with Gasteiger partial charge < -0.3 is 11.1 Å². The van der Waals surface area contributed by atoms with Crippen molar-refractivity contribution in [1.82, 2.24) is 15.5 Å². The van der Waals surface area contributed by atoms with Gasteiger partial charge in [-0.25, -0.2) is 0 Å². The normalized spacial score (nSPS) is 12.6. The van der Waals surface area contributed by atoms with Crippen molar-refractivity contribution in [3.05, 3.63) is 28.4 Å². The molecule has 1 aromatic carbocycles. The van der Waals surface area contributed by atoms with Crippen LogP contribution >= 0.6 is 15.9 Å². The molecule has 2 aromatic rings. The Morgan fingerprint density at radius 2 is 2.10 bits per heavy atom. The number of hydrogen-bond donors (Lipinski definition) is 3. The van der Waals surface area contributed by atoms with Gasteiger partial charge >= 0.3 is 0 Å². The summed E-state index contributed by atoms with van der Waals surface area (Å²) in [6.45, 7) is 3.63. The van der Waals surface area contributed by atoms with Crippen LogP contribution in [0, 0.1) is 5.92 Å². The van der Waals surface area contributed by atoms with E-state index in [1.807, 2.05) is 26.0 Å². The van der Waals surface area contributed by atoms with E-state index < -0.39 is 17.9 Å². The van der Waals surface area contributed by atoms with E-state index in [-0.39, 0.29) is 11.6 Å². The Balaban J connectivity index is 2.32. The largest absolute Gasteiger partial charge is 0.368 e. The predicted octanol–water partition coefficient (Wildman–Crippen LogP) is 1.57. The minimum atomic E-state index is -0.721. The molecule has 0 bridgehead atoms. The first-order valence-electron chi connectivity index (χ1n) is 6.14. The molecule has 0 aliphatic carbocycles. The number of nitrogens with two attached hydrogens (primary N) is 1. The fourth-order valence-electron chi connectivity index (χ4n) is 1.94. The topological polar surface area (TPSA) is 101 Å². The van der Waals surface area contributed by atoms with Gasteiger partial charge in [0, 0.05) is 9.86 Å². The standard InChI is InChI=1S/C13H15BrN4O2/c1-6(2)10(12(15)19)16-13(20)11-8-5-7(14)3-4-9(8)17-18-11/h3-6,10H,1-2H3,(H2,15,19)(H,16,20)(H,17,18). The molecule has 0 saturated carbocycles. The third kappa shape index (κ3) is 2.82. The Hall–Kier alpha value is -1.89. The average Bonchev–Trinajstić information content (AvgIpc) is 2.77. The maximum atomic E-state index is 12.2. The first-order chi connectivity index (χ1) is 9.40. The molecule has 1 atom stereocenters. The molecule has 0 aliphatic rings. The number of fused-ring (bicyclic) bond motifs is 1. The van der Waals surface area contributed by atoms with Crippen molar-refractivity contribution in [1.29, 1.82) is 0 Å².